The molecule has 2 rings (SSSR count). The molecular formula is C15H17NO. The topological polar surface area (TPSA) is 33.0 Å². The highest BCUT2D eigenvalue weighted by atomic mass is 16.5. The smallest absolute Gasteiger partial charge is 0.0991 e. The number of hydrogen-bond donors (Lipinski definition) is 0. The van der Waals surface area contributed by atoms with Gasteiger partial charge in [0, 0.05) is 0 Å². The Kier molecular flexibility index (Phi) is 3.82. The normalized spacial score (nSPS) is 23.7. The molecule has 2 nitrogen and oxygen atoms in total. The molecule has 0 heterocycles. The fraction of sp³-hybridized carbons (Fsp3) is 0.400. The molecule has 1 aliphatic rings. The molecule has 1 saturated carbocycles. The van der Waals surface area contributed by atoms with Crippen LogP contribution in [0.1, 0.15) is 42.7 Å². The second kappa shape index (κ2) is 5.54. The van der Waals surface area contributed by atoms with E-state index in [1.807, 2.05) is 12.1 Å². The highest BCUT2D eigenvalue weighted by Gasteiger charge is 2.22. The van der Waals surface area contributed by atoms with Crippen molar-refractivity contribution in [2.45, 2.75) is 37.7 Å². The molecule has 0 amide bonds. The minimum atomic E-state index is 0.349. The molecule has 17 heavy (non-hydrogen) atoms. The first kappa shape index (κ1) is 11.7. The third-order valence-corrected chi connectivity index (χ3v) is 3.47. The Bertz CT molecular complexity index is 408. The summed E-state index contributed by atoms with van der Waals surface area (Å²) in [5, 5.41) is 8.76. The van der Waals surface area contributed by atoms with Gasteiger partial charge in [-0.1, -0.05) is 18.7 Å². The van der Waals surface area contributed by atoms with Crippen LogP contribution in [-0.2, 0) is 4.74 Å². The number of rotatable bonds is 3. The lowest BCUT2D eigenvalue weighted by atomic mass is 9.82. The quantitative estimate of drug-likeness (QED) is 0.737. The van der Waals surface area contributed by atoms with E-state index in [1.54, 1.807) is 6.26 Å². The molecule has 0 N–H and O–H groups in total. The van der Waals surface area contributed by atoms with Crippen LogP contribution in [0, 0.1) is 11.3 Å². The van der Waals surface area contributed by atoms with Gasteiger partial charge in [0.05, 0.1) is 24.0 Å². The number of ether oxygens (including phenoxy) is 1. The van der Waals surface area contributed by atoms with Crippen LogP contribution in [0.3, 0.4) is 0 Å². The van der Waals surface area contributed by atoms with Crippen LogP contribution in [-0.4, -0.2) is 6.10 Å². The Hall–Kier alpha value is -1.75. The summed E-state index contributed by atoms with van der Waals surface area (Å²) < 4.78 is 5.42. The molecule has 0 aromatic heterocycles. The summed E-state index contributed by atoms with van der Waals surface area (Å²) in [6.07, 6.45) is 6.40. The molecule has 1 aliphatic carbocycles. The van der Waals surface area contributed by atoms with Gasteiger partial charge in [-0.25, -0.2) is 0 Å². The first-order chi connectivity index (χ1) is 8.33. The summed E-state index contributed by atoms with van der Waals surface area (Å²) in [4.78, 5) is 0. The van der Waals surface area contributed by atoms with Gasteiger partial charge in [-0.2, -0.15) is 5.26 Å². The minimum Gasteiger partial charge on any atom is -0.499 e. The lowest BCUT2D eigenvalue weighted by molar-refractivity contribution is 0.100. The van der Waals surface area contributed by atoms with Crippen molar-refractivity contribution >= 4 is 0 Å². The monoisotopic (exact) mass is 227 g/mol. The van der Waals surface area contributed by atoms with E-state index < -0.39 is 0 Å². The molecule has 88 valence electrons. The molecule has 0 aliphatic heterocycles. The zero-order valence-electron chi connectivity index (χ0n) is 9.93. The van der Waals surface area contributed by atoms with Gasteiger partial charge in [0.2, 0.25) is 0 Å². The van der Waals surface area contributed by atoms with Crippen molar-refractivity contribution in [2.24, 2.45) is 0 Å². The minimum absolute atomic E-state index is 0.349. The van der Waals surface area contributed by atoms with Gasteiger partial charge >= 0.3 is 0 Å². The number of nitriles is 1. The second-order valence-corrected chi connectivity index (χ2v) is 4.51. The zero-order valence-corrected chi connectivity index (χ0v) is 9.93. The van der Waals surface area contributed by atoms with Gasteiger partial charge < -0.3 is 4.74 Å². The van der Waals surface area contributed by atoms with Crippen molar-refractivity contribution in [1.29, 1.82) is 5.26 Å². The molecular weight excluding hydrogens is 210 g/mol. The zero-order chi connectivity index (χ0) is 12.1. The van der Waals surface area contributed by atoms with Crippen LogP contribution in [0.15, 0.2) is 37.1 Å². The molecule has 0 bridgehead atoms. The molecule has 0 atom stereocenters. The maximum Gasteiger partial charge on any atom is 0.0991 e. The number of hydrogen-bond acceptors (Lipinski definition) is 2. The van der Waals surface area contributed by atoms with Gasteiger partial charge in [-0.05, 0) is 49.3 Å². The lowest BCUT2D eigenvalue weighted by Gasteiger charge is -2.28. The molecule has 0 saturated heterocycles. The van der Waals surface area contributed by atoms with Gasteiger partial charge in [0.15, 0.2) is 0 Å². The van der Waals surface area contributed by atoms with Crippen molar-refractivity contribution in [2.75, 3.05) is 0 Å². The van der Waals surface area contributed by atoms with E-state index in [1.165, 1.54) is 5.56 Å². The number of nitrogens with zero attached hydrogens (tertiary/aromatic N) is 1. The summed E-state index contributed by atoms with van der Waals surface area (Å²) in [6, 6.07) is 10.1. The Morgan fingerprint density at radius 3 is 2.35 bits per heavy atom. The van der Waals surface area contributed by atoms with E-state index in [2.05, 4.69) is 24.8 Å². The molecule has 2 heteroatoms. The third-order valence-electron chi connectivity index (χ3n) is 3.47. The van der Waals surface area contributed by atoms with Crippen LogP contribution in [0.5, 0.6) is 0 Å². The SMILES string of the molecule is C=COC1CCC(c2ccc(C#N)cc2)CC1. The summed E-state index contributed by atoms with van der Waals surface area (Å²) in [5.41, 5.74) is 2.08. The van der Waals surface area contributed by atoms with Crippen LogP contribution >= 0.6 is 0 Å². The lowest BCUT2D eigenvalue weighted by Crippen LogP contribution is -2.18. The summed E-state index contributed by atoms with van der Waals surface area (Å²) >= 11 is 0. The predicted octanol–water partition coefficient (Wildman–Crippen LogP) is 3.74. The predicted molar refractivity (Wildman–Crippen MR) is 67.4 cm³/mol. The Balaban J connectivity index is 1.96. The molecule has 0 spiro atoms. The van der Waals surface area contributed by atoms with Crippen molar-refractivity contribution < 1.29 is 4.74 Å². The fourth-order valence-electron chi connectivity index (χ4n) is 2.50. The van der Waals surface area contributed by atoms with E-state index >= 15 is 0 Å². The van der Waals surface area contributed by atoms with Crippen molar-refractivity contribution in [3.63, 3.8) is 0 Å². The first-order valence-corrected chi connectivity index (χ1v) is 6.10. The van der Waals surface area contributed by atoms with E-state index in [0.717, 1.165) is 31.2 Å². The molecule has 1 fully saturated rings. The summed E-state index contributed by atoms with van der Waals surface area (Å²) in [5.74, 6) is 0.618. The second-order valence-electron chi connectivity index (χ2n) is 4.51. The Morgan fingerprint density at radius 2 is 1.82 bits per heavy atom. The summed E-state index contributed by atoms with van der Waals surface area (Å²) in [7, 11) is 0. The van der Waals surface area contributed by atoms with Gasteiger partial charge in [0.1, 0.15) is 0 Å². The van der Waals surface area contributed by atoms with Crippen molar-refractivity contribution in [1.82, 2.24) is 0 Å². The Morgan fingerprint density at radius 1 is 1.18 bits per heavy atom. The highest BCUT2D eigenvalue weighted by molar-refractivity contribution is 5.33. The first-order valence-electron chi connectivity index (χ1n) is 6.10. The van der Waals surface area contributed by atoms with Gasteiger partial charge in [-0.3, -0.25) is 0 Å². The van der Waals surface area contributed by atoms with Crippen LogP contribution in [0.2, 0.25) is 0 Å². The van der Waals surface area contributed by atoms with Crippen LogP contribution in [0.25, 0.3) is 0 Å². The van der Waals surface area contributed by atoms with Crippen molar-refractivity contribution in [3.8, 4) is 6.07 Å². The fourth-order valence-corrected chi connectivity index (χ4v) is 2.50. The van der Waals surface area contributed by atoms with Crippen LogP contribution in [0.4, 0.5) is 0 Å². The molecule has 1 aromatic carbocycles. The van der Waals surface area contributed by atoms with E-state index in [4.69, 9.17) is 10.00 Å². The molecule has 0 radical (unpaired) electrons. The average Bonchev–Trinajstić information content (AvgIpc) is 2.40. The average molecular weight is 227 g/mol. The van der Waals surface area contributed by atoms with Crippen molar-refractivity contribution in [3.05, 3.63) is 48.2 Å². The maximum atomic E-state index is 8.76. The van der Waals surface area contributed by atoms with E-state index in [0.29, 0.717) is 12.0 Å². The van der Waals surface area contributed by atoms with Crippen LogP contribution < -0.4 is 0 Å². The molecule has 1 aromatic rings. The largest absolute Gasteiger partial charge is 0.499 e. The Labute approximate surface area is 103 Å². The molecule has 0 unspecified atom stereocenters. The standard InChI is InChI=1S/C15H17NO/c1-2-17-15-9-7-14(8-10-15)13-5-3-12(11-16)4-6-13/h2-6,14-15H,1,7-10H2. The number of benzene rings is 1. The highest BCUT2D eigenvalue weighted by Crippen LogP contribution is 2.34. The summed E-state index contributed by atoms with van der Waals surface area (Å²) in [6.45, 7) is 3.60. The van der Waals surface area contributed by atoms with Gasteiger partial charge in [0.25, 0.3) is 0 Å². The van der Waals surface area contributed by atoms with E-state index in [9.17, 15) is 0 Å². The maximum absolute atomic E-state index is 8.76. The third kappa shape index (κ3) is 2.88. The van der Waals surface area contributed by atoms with Gasteiger partial charge in [-0.15, -0.1) is 0 Å². The van der Waals surface area contributed by atoms with E-state index in [-0.39, 0.29) is 0 Å².